The van der Waals surface area contributed by atoms with Crippen molar-refractivity contribution in [2.75, 3.05) is 18.9 Å². The largest absolute Gasteiger partial charge is 0.399 e. The average Bonchev–Trinajstić information content (AvgIpc) is 2.97. The molecule has 0 bridgehead atoms. The number of carbonyl (C=O) groups is 1. The molecule has 1 aliphatic rings. The van der Waals surface area contributed by atoms with E-state index in [1.165, 1.54) is 0 Å². The van der Waals surface area contributed by atoms with Crippen LogP contribution in [0.5, 0.6) is 0 Å². The lowest BCUT2D eigenvalue weighted by atomic mass is 10.1. The standard InChI is InChI=1S/C13H15N3O2/c14-8-1-2-10-11(6-15-12(10)5-8)13(17)16-9-3-4-18-7-9/h1-2,5-6,9,15H,3-4,7,14H2,(H,16,17). The highest BCUT2D eigenvalue weighted by Crippen LogP contribution is 2.21. The topological polar surface area (TPSA) is 80.1 Å². The van der Waals surface area contributed by atoms with E-state index in [1.807, 2.05) is 12.1 Å². The van der Waals surface area contributed by atoms with Crippen molar-refractivity contribution in [3.63, 3.8) is 0 Å². The zero-order chi connectivity index (χ0) is 12.5. The summed E-state index contributed by atoms with van der Waals surface area (Å²) in [6, 6.07) is 5.61. The van der Waals surface area contributed by atoms with Crippen molar-refractivity contribution in [2.24, 2.45) is 0 Å². The maximum absolute atomic E-state index is 12.1. The van der Waals surface area contributed by atoms with Crippen LogP contribution in [0.4, 0.5) is 5.69 Å². The van der Waals surface area contributed by atoms with E-state index in [0.717, 1.165) is 23.9 Å². The quantitative estimate of drug-likeness (QED) is 0.697. The van der Waals surface area contributed by atoms with Gasteiger partial charge in [0.1, 0.15) is 0 Å². The van der Waals surface area contributed by atoms with Crippen molar-refractivity contribution in [1.29, 1.82) is 0 Å². The molecule has 5 nitrogen and oxygen atoms in total. The number of ether oxygens (including phenoxy) is 1. The van der Waals surface area contributed by atoms with Crippen molar-refractivity contribution in [2.45, 2.75) is 12.5 Å². The number of benzene rings is 1. The molecule has 1 atom stereocenters. The van der Waals surface area contributed by atoms with Gasteiger partial charge in [-0.05, 0) is 24.6 Å². The molecule has 0 radical (unpaired) electrons. The Morgan fingerprint density at radius 3 is 3.17 bits per heavy atom. The molecule has 1 amide bonds. The predicted molar refractivity (Wildman–Crippen MR) is 69.4 cm³/mol. The molecule has 1 saturated heterocycles. The van der Waals surface area contributed by atoms with Gasteiger partial charge in [0.25, 0.3) is 5.91 Å². The Hall–Kier alpha value is -2.01. The number of H-pyrrole nitrogens is 1. The summed E-state index contributed by atoms with van der Waals surface area (Å²) < 4.78 is 5.24. The second kappa shape index (κ2) is 4.34. The first kappa shape index (κ1) is 11.1. The van der Waals surface area contributed by atoms with E-state index in [9.17, 15) is 4.79 Å². The number of nitrogens with two attached hydrogens (primary N) is 1. The van der Waals surface area contributed by atoms with Crippen molar-refractivity contribution in [3.05, 3.63) is 30.0 Å². The summed E-state index contributed by atoms with van der Waals surface area (Å²) in [5.74, 6) is -0.0680. The molecule has 18 heavy (non-hydrogen) atoms. The van der Waals surface area contributed by atoms with Crippen LogP contribution in [0.25, 0.3) is 10.9 Å². The average molecular weight is 245 g/mol. The number of fused-ring (bicyclic) bond motifs is 1. The number of aromatic nitrogens is 1. The lowest BCUT2D eigenvalue weighted by molar-refractivity contribution is 0.0931. The van der Waals surface area contributed by atoms with Crippen molar-refractivity contribution < 1.29 is 9.53 Å². The highest BCUT2D eigenvalue weighted by Gasteiger charge is 2.20. The van der Waals surface area contributed by atoms with Crippen LogP contribution in [0.15, 0.2) is 24.4 Å². The van der Waals surface area contributed by atoms with Gasteiger partial charge in [0, 0.05) is 29.4 Å². The summed E-state index contributed by atoms with van der Waals surface area (Å²) in [6.45, 7) is 1.32. The fraction of sp³-hybridized carbons (Fsp3) is 0.308. The number of aromatic amines is 1. The van der Waals surface area contributed by atoms with Gasteiger partial charge in [-0.15, -0.1) is 0 Å². The summed E-state index contributed by atoms with van der Waals surface area (Å²) >= 11 is 0. The molecular formula is C13H15N3O2. The molecule has 5 heteroatoms. The molecule has 3 rings (SSSR count). The Morgan fingerprint density at radius 2 is 2.39 bits per heavy atom. The third kappa shape index (κ3) is 1.93. The van der Waals surface area contributed by atoms with Crippen LogP contribution >= 0.6 is 0 Å². The van der Waals surface area contributed by atoms with Crippen LogP contribution in [0.1, 0.15) is 16.8 Å². The molecule has 2 heterocycles. The number of hydrogen-bond donors (Lipinski definition) is 3. The summed E-state index contributed by atoms with van der Waals surface area (Å²) in [6.07, 6.45) is 2.59. The molecule has 1 unspecified atom stereocenters. The van der Waals surface area contributed by atoms with Gasteiger partial charge >= 0.3 is 0 Å². The van der Waals surface area contributed by atoms with Crippen LogP contribution in [-0.4, -0.2) is 30.1 Å². The molecule has 1 aromatic carbocycles. The lowest BCUT2D eigenvalue weighted by Crippen LogP contribution is -2.34. The smallest absolute Gasteiger partial charge is 0.253 e. The number of hydrogen-bond acceptors (Lipinski definition) is 3. The van der Waals surface area contributed by atoms with E-state index in [2.05, 4.69) is 10.3 Å². The summed E-state index contributed by atoms with van der Waals surface area (Å²) in [4.78, 5) is 15.2. The van der Waals surface area contributed by atoms with E-state index in [1.54, 1.807) is 12.3 Å². The van der Waals surface area contributed by atoms with Gasteiger partial charge < -0.3 is 20.8 Å². The van der Waals surface area contributed by atoms with E-state index < -0.39 is 0 Å². The summed E-state index contributed by atoms with van der Waals surface area (Å²) in [7, 11) is 0. The molecule has 1 aliphatic heterocycles. The zero-order valence-electron chi connectivity index (χ0n) is 9.90. The number of nitrogen functional groups attached to an aromatic ring is 1. The number of rotatable bonds is 2. The Kier molecular flexibility index (Phi) is 2.68. The van der Waals surface area contributed by atoms with Gasteiger partial charge in [0.2, 0.25) is 0 Å². The molecule has 4 N–H and O–H groups in total. The van der Waals surface area contributed by atoms with Crippen molar-refractivity contribution in [1.82, 2.24) is 10.3 Å². The molecule has 1 aromatic heterocycles. The van der Waals surface area contributed by atoms with E-state index in [4.69, 9.17) is 10.5 Å². The Balaban J connectivity index is 1.86. The summed E-state index contributed by atoms with van der Waals surface area (Å²) in [5, 5.41) is 3.86. The van der Waals surface area contributed by atoms with Crippen molar-refractivity contribution >= 4 is 22.5 Å². The fourth-order valence-corrected chi connectivity index (χ4v) is 2.24. The van der Waals surface area contributed by atoms with Crippen LogP contribution < -0.4 is 11.1 Å². The molecule has 0 spiro atoms. The van der Waals surface area contributed by atoms with Crippen molar-refractivity contribution in [3.8, 4) is 0 Å². The van der Waals surface area contributed by atoms with Gasteiger partial charge in [-0.3, -0.25) is 4.79 Å². The molecule has 94 valence electrons. The molecular weight excluding hydrogens is 230 g/mol. The molecule has 2 aromatic rings. The highest BCUT2D eigenvalue weighted by molar-refractivity contribution is 6.07. The molecule has 0 saturated carbocycles. The first-order valence-corrected chi connectivity index (χ1v) is 5.99. The van der Waals surface area contributed by atoms with Crippen LogP contribution in [-0.2, 0) is 4.74 Å². The fourth-order valence-electron chi connectivity index (χ4n) is 2.24. The van der Waals surface area contributed by atoms with Crippen LogP contribution in [0.3, 0.4) is 0 Å². The second-order valence-electron chi connectivity index (χ2n) is 4.54. The molecule has 0 aliphatic carbocycles. The van der Waals surface area contributed by atoms with E-state index in [0.29, 0.717) is 17.9 Å². The van der Waals surface area contributed by atoms with Crippen LogP contribution in [0, 0.1) is 0 Å². The zero-order valence-corrected chi connectivity index (χ0v) is 9.90. The predicted octanol–water partition coefficient (Wildman–Crippen LogP) is 1.27. The van der Waals surface area contributed by atoms with Crippen LogP contribution in [0.2, 0.25) is 0 Å². The third-order valence-electron chi connectivity index (χ3n) is 3.22. The first-order valence-electron chi connectivity index (χ1n) is 5.99. The lowest BCUT2D eigenvalue weighted by Gasteiger charge is -2.09. The number of anilines is 1. The maximum atomic E-state index is 12.1. The van der Waals surface area contributed by atoms with E-state index >= 15 is 0 Å². The number of nitrogens with one attached hydrogen (secondary N) is 2. The minimum absolute atomic E-state index is 0.0680. The summed E-state index contributed by atoms with van der Waals surface area (Å²) in [5.41, 5.74) is 7.91. The Bertz CT molecular complexity index is 585. The monoisotopic (exact) mass is 245 g/mol. The minimum Gasteiger partial charge on any atom is -0.399 e. The Morgan fingerprint density at radius 1 is 1.50 bits per heavy atom. The minimum atomic E-state index is -0.0680. The normalized spacial score (nSPS) is 19.2. The van der Waals surface area contributed by atoms with Gasteiger partial charge in [0.05, 0.1) is 18.2 Å². The van der Waals surface area contributed by atoms with Gasteiger partial charge in [-0.25, -0.2) is 0 Å². The van der Waals surface area contributed by atoms with Gasteiger partial charge in [0.15, 0.2) is 0 Å². The second-order valence-corrected chi connectivity index (χ2v) is 4.54. The third-order valence-corrected chi connectivity index (χ3v) is 3.22. The SMILES string of the molecule is Nc1ccc2c(C(=O)NC3CCOC3)c[nH]c2c1. The Labute approximate surface area is 104 Å². The van der Waals surface area contributed by atoms with Gasteiger partial charge in [-0.1, -0.05) is 0 Å². The number of amides is 1. The first-order chi connectivity index (χ1) is 8.74. The van der Waals surface area contributed by atoms with Gasteiger partial charge in [-0.2, -0.15) is 0 Å². The molecule has 1 fully saturated rings. The number of carbonyl (C=O) groups excluding carboxylic acids is 1. The highest BCUT2D eigenvalue weighted by atomic mass is 16.5. The maximum Gasteiger partial charge on any atom is 0.253 e. The van der Waals surface area contributed by atoms with E-state index in [-0.39, 0.29) is 11.9 Å².